The molecule has 0 bridgehead atoms. The van der Waals surface area contributed by atoms with Crippen molar-refractivity contribution in [3.63, 3.8) is 0 Å². The number of nitrogens with zero attached hydrogens (tertiary/aromatic N) is 1. The first kappa shape index (κ1) is 11.6. The summed E-state index contributed by atoms with van der Waals surface area (Å²) in [5.74, 6) is -0.389. The molecular weight excluding hydrogens is 245 g/mol. The van der Waals surface area contributed by atoms with E-state index in [1.807, 2.05) is 6.92 Å². The number of fused-ring (bicyclic) bond motifs is 1. The number of aryl methyl sites for hydroxylation is 1. The maximum Gasteiger partial charge on any atom is 0.228 e. The number of pyridine rings is 1. The van der Waals surface area contributed by atoms with Crippen LogP contribution in [0.15, 0.2) is 47.0 Å². The van der Waals surface area contributed by atoms with Gasteiger partial charge in [-0.2, -0.15) is 0 Å². The second kappa shape index (κ2) is 4.31. The molecule has 2 heterocycles. The number of benzene rings is 1. The molecule has 0 amide bonds. The van der Waals surface area contributed by atoms with E-state index in [1.54, 1.807) is 24.4 Å². The number of ketones is 1. The van der Waals surface area contributed by atoms with Crippen molar-refractivity contribution < 1.29 is 13.6 Å². The van der Waals surface area contributed by atoms with Gasteiger partial charge in [0.05, 0.1) is 0 Å². The molecule has 0 radical (unpaired) electrons. The maximum absolute atomic E-state index is 13.1. The molecule has 0 spiro atoms. The van der Waals surface area contributed by atoms with Crippen LogP contribution in [-0.2, 0) is 0 Å². The summed E-state index contributed by atoms with van der Waals surface area (Å²) in [4.78, 5) is 16.3. The predicted molar refractivity (Wildman–Crippen MR) is 68.6 cm³/mol. The van der Waals surface area contributed by atoms with Crippen LogP contribution in [0.3, 0.4) is 0 Å². The highest BCUT2D eigenvalue weighted by atomic mass is 19.1. The number of carbonyl (C=O) groups excluding carboxylic acids is 1. The van der Waals surface area contributed by atoms with Crippen LogP contribution >= 0.6 is 0 Å². The van der Waals surface area contributed by atoms with Gasteiger partial charge in [-0.25, -0.2) is 4.39 Å². The molecule has 0 aliphatic carbocycles. The van der Waals surface area contributed by atoms with Crippen molar-refractivity contribution in [3.05, 3.63) is 65.4 Å². The van der Waals surface area contributed by atoms with Crippen LogP contribution < -0.4 is 0 Å². The van der Waals surface area contributed by atoms with Gasteiger partial charge in [-0.05, 0) is 43.3 Å². The molecule has 3 rings (SSSR count). The molecule has 0 aliphatic heterocycles. The highest BCUT2D eigenvalue weighted by Crippen LogP contribution is 2.22. The predicted octanol–water partition coefficient (Wildman–Crippen LogP) is 3.51. The lowest BCUT2D eigenvalue weighted by Gasteiger charge is -1.97. The molecule has 94 valence electrons. The van der Waals surface area contributed by atoms with Gasteiger partial charge in [0.2, 0.25) is 5.78 Å². The molecule has 0 saturated heterocycles. The van der Waals surface area contributed by atoms with Gasteiger partial charge >= 0.3 is 0 Å². The first-order chi connectivity index (χ1) is 9.13. The van der Waals surface area contributed by atoms with Gasteiger partial charge in [-0.1, -0.05) is 0 Å². The minimum Gasteiger partial charge on any atom is -0.453 e. The number of hydrogen-bond donors (Lipinski definition) is 0. The van der Waals surface area contributed by atoms with Crippen LogP contribution in [0.25, 0.3) is 11.0 Å². The molecule has 0 N–H and O–H groups in total. The van der Waals surface area contributed by atoms with E-state index in [-0.39, 0.29) is 17.4 Å². The Kier molecular flexibility index (Phi) is 2.63. The van der Waals surface area contributed by atoms with E-state index in [0.29, 0.717) is 16.5 Å². The maximum atomic E-state index is 13.1. The second-order valence-corrected chi connectivity index (χ2v) is 4.31. The van der Waals surface area contributed by atoms with Crippen molar-refractivity contribution in [1.82, 2.24) is 4.98 Å². The third kappa shape index (κ3) is 2.12. The van der Waals surface area contributed by atoms with Crippen LogP contribution in [0, 0.1) is 12.7 Å². The van der Waals surface area contributed by atoms with Crippen LogP contribution in [0.1, 0.15) is 21.8 Å². The summed E-state index contributed by atoms with van der Waals surface area (Å²) in [5.41, 5.74) is 1.76. The van der Waals surface area contributed by atoms with Crippen LogP contribution in [0.5, 0.6) is 0 Å². The lowest BCUT2D eigenvalue weighted by atomic mass is 10.1. The highest BCUT2D eigenvalue weighted by Gasteiger charge is 2.15. The summed E-state index contributed by atoms with van der Waals surface area (Å²) in [6, 6.07) is 9.03. The molecule has 0 unspecified atom stereocenters. The van der Waals surface area contributed by atoms with E-state index in [2.05, 4.69) is 4.98 Å². The topological polar surface area (TPSA) is 43.1 Å². The first-order valence-corrected chi connectivity index (χ1v) is 5.80. The van der Waals surface area contributed by atoms with E-state index in [4.69, 9.17) is 4.42 Å². The molecule has 0 atom stereocenters. The lowest BCUT2D eigenvalue weighted by Crippen LogP contribution is -2.00. The van der Waals surface area contributed by atoms with Crippen molar-refractivity contribution in [2.75, 3.05) is 0 Å². The Balaban J connectivity index is 2.06. The number of rotatable bonds is 2. The van der Waals surface area contributed by atoms with E-state index < -0.39 is 0 Å². The summed E-state index contributed by atoms with van der Waals surface area (Å²) < 4.78 is 18.5. The number of halogens is 1. The van der Waals surface area contributed by atoms with Crippen molar-refractivity contribution in [2.45, 2.75) is 6.92 Å². The third-order valence-electron chi connectivity index (χ3n) is 2.86. The molecular formula is C15H10FNO2. The monoisotopic (exact) mass is 255 g/mol. The molecule has 3 aromatic rings. The lowest BCUT2D eigenvalue weighted by molar-refractivity contribution is 0.101. The zero-order valence-corrected chi connectivity index (χ0v) is 10.2. The van der Waals surface area contributed by atoms with Crippen LogP contribution in [0.4, 0.5) is 4.39 Å². The average Bonchev–Trinajstić information content (AvgIpc) is 2.80. The Morgan fingerprint density at radius 2 is 2.05 bits per heavy atom. The van der Waals surface area contributed by atoms with Crippen molar-refractivity contribution in [1.29, 1.82) is 0 Å². The first-order valence-electron chi connectivity index (χ1n) is 5.80. The SMILES string of the molecule is Cc1cc(C(=O)c2cc3cc(F)ccc3o2)ccn1. The standard InChI is InChI=1S/C15H10FNO2/c1-9-6-10(4-5-17-9)15(18)14-8-11-7-12(16)2-3-13(11)19-14/h2-8H,1H3. The molecule has 19 heavy (non-hydrogen) atoms. The molecule has 1 aromatic carbocycles. The Hall–Kier alpha value is -2.49. The molecule has 4 heteroatoms. The molecule has 3 nitrogen and oxygen atoms in total. The van der Waals surface area contributed by atoms with Gasteiger partial charge in [0.15, 0.2) is 5.76 Å². The van der Waals surface area contributed by atoms with E-state index in [0.717, 1.165) is 5.69 Å². The van der Waals surface area contributed by atoms with Gasteiger partial charge < -0.3 is 4.42 Å². The Morgan fingerprint density at radius 3 is 2.84 bits per heavy atom. The van der Waals surface area contributed by atoms with Crippen LogP contribution in [-0.4, -0.2) is 10.8 Å². The van der Waals surface area contributed by atoms with E-state index in [1.165, 1.54) is 18.2 Å². The number of carbonyl (C=O) groups is 1. The number of aromatic nitrogens is 1. The largest absolute Gasteiger partial charge is 0.453 e. The van der Waals surface area contributed by atoms with Gasteiger partial charge in [-0.15, -0.1) is 0 Å². The van der Waals surface area contributed by atoms with Crippen LogP contribution in [0.2, 0.25) is 0 Å². The molecule has 0 saturated carbocycles. The highest BCUT2D eigenvalue weighted by molar-refractivity contribution is 6.08. The zero-order valence-electron chi connectivity index (χ0n) is 10.2. The minimum absolute atomic E-state index is 0.200. The van der Waals surface area contributed by atoms with E-state index in [9.17, 15) is 9.18 Å². The van der Waals surface area contributed by atoms with Gasteiger partial charge in [-0.3, -0.25) is 9.78 Å². The summed E-state index contributed by atoms with van der Waals surface area (Å²) >= 11 is 0. The number of hydrogen-bond acceptors (Lipinski definition) is 3. The minimum atomic E-state index is -0.355. The normalized spacial score (nSPS) is 10.8. The second-order valence-electron chi connectivity index (χ2n) is 4.31. The van der Waals surface area contributed by atoms with Crippen molar-refractivity contribution >= 4 is 16.8 Å². The summed E-state index contributed by atoms with van der Waals surface area (Å²) in [6.07, 6.45) is 1.57. The van der Waals surface area contributed by atoms with E-state index >= 15 is 0 Å². The summed E-state index contributed by atoms with van der Waals surface area (Å²) in [6.45, 7) is 1.81. The summed E-state index contributed by atoms with van der Waals surface area (Å²) in [7, 11) is 0. The molecule has 2 aromatic heterocycles. The Labute approximate surface area is 108 Å². The average molecular weight is 255 g/mol. The number of furan rings is 1. The zero-order chi connectivity index (χ0) is 13.4. The smallest absolute Gasteiger partial charge is 0.228 e. The van der Waals surface area contributed by atoms with Gasteiger partial charge in [0.25, 0.3) is 0 Å². The molecule has 0 fully saturated rings. The van der Waals surface area contributed by atoms with Gasteiger partial charge in [0.1, 0.15) is 11.4 Å². The fourth-order valence-electron chi connectivity index (χ4n) is 1.96. The van der Waals surface area contributed by atoms with Crippen molar-refractivity contribution in [2.24, 2.45) is 0 Å². The van der Waals surface area contributed by atoms with Crippen molar-refractivity contribution in [3.8, 4) is 0 Å². The summed E-state index contributed by atoms with van der Waals surface area (Å²) in [5, 5.41) is 0.578. The quantitative estimate of drug-likeness (QED) is 0.658. The van der Waals surface area contributed by atoms with Gasteiger partial charge in [0, 0.05) is 22.8 Å². The Morgan fingerprint density at radius 1 is 1.21 bits per heavy atom. The third-order valence-corrected chi connectivity index (χ3v) is 2.86. The Bertz CT molecular complexity index is 777. The fourth-order valence-corrected chi connectivity index (χ4v) is 1.96. The molecule has 0 aliphatic rings. The fraction of sp³-hybridized carbons (Fsp3) is 0.0667.